The Morgan fingerprint density at radius 1 is 1.39 bits per heavy atom. The minimum Gasteiger partial charge on any atom is -0.467 e. The molecule has 2 N–H and O–H groups in total. The number of hydrogen-bond donors (Lipinski definition) is 2. The third-order valence-electron chi connectivity index (χ3n) is 2.38. The zero-order valence-electron chi connectivity index (χ0n) is 10.4. The molecule has 98 valence electrons. The minimum atomic E-state index is -0.549. The van der Waals surface area contributed by atoms with Gasteiger partial charge in [0.1, 0.15) is 6.04 Å². The van der Waals surface area contributed by atoms with Crippen LogP contribution in [-0.4, -0.2) is 32.1 Å². The van der Waals surface area contributed by atoms with Crippen LogP contribution in [0.5, 0.6) is 0 Å². The van der Waals surface area contributed by atoms with E-state index in [1.54, 1.807) is 32.2 Å². The topological polar surface area (TPSA) is 67.4 Å². The summed E-state index contributed by atoms with van der Waals surface area (Å²) in [7, 11) is 2.85. The summed E-state index contributed by atoms with van der Waals surface area (Å²) in [4.78, 5) is 22.8. The molecule has 0 aromatic heterocycles. The highest BCUT2D eigenvalue weighted by Gasteiger charge is 2.15. The fourth-order valence-corrected chi connectivity index (χ4v) is 1.56. The zero-order valence-corrected chi connectivity index (χ0v) is 11.2. The van der Waals surface area contributed by atoms with Crippen LogP contribution in [0.25, 0.3) is 0 Å². The van der Waals surface area contributed by atoms with E-state index in [1.807, 2.05) is 0 Å². The zero-order chi connectivity index (χ0) is 13.7. The number of ether oxygens (including phenoxy) is 1. The third kappa shape index (κ3) is 3.37. The summed E-state index contributed by atoms with van der Waals surface area (Å²) in [6, 6.07) is 4.24. The molecule has 0 saturated carbocycles. The number of carbonyl (C=O) groups is 2. The van der Waals surface area contributed by atoms with E-state index in [-0.39, 0.29) is 5.91 Å². The second-order valence-corrected chi connectivity index (χ2v) is 4.07. The third-order valence-corrected chi connectivity index (χ3v) is 2.71. The Hall–Kier alpha value is -1.75. The Balaban J connectivity index is 2.94. The average Bonchev–Trinajstić information content (AvgIpc) is 2.39. The van der Waals surface area contributed by atoms with Gasteiger partial charge in [-0.3, -0.25) is 4.79 Å². The second kappa shape index (κ2) is 6.26. The quantitative estimate of drug-likeness (QED) is 0.817. The molecule has 0 aliphatic rings. The highest BCUT2D eigenvalue weighted by Crippen LogP contribution is 2.23. The number of carbonyl (C=O) groups excluding carboxylic acids is 2. The highest BCUT2D eigenvalue weighted by molar-refractivity contribution is 6.33. The summed E-state index contributed by atoms with van der Waals surface area (Å²) in [5.74, 6) is -0.628. The molecule has 0 fully saturated rings. The number of benzene rings is 1. The normalized spacial score (nSPS) is 11.6. The van der Waals surface area contributed by atoms with Gasteiger partial charge in [-0.1, -0.05) is 11.6 Å². The van der Waals surface area contributed by atoms with Crippen LogP contribution < -0.4 is 10.6 Å². The number of rotatable bonds is 4. The SMILES string of the molecule is CNC(=O)c1ccc(Cl)c(NC(C)C(=O)OC)c1. The van der Waals surface area contributed by atoms with Crippen LogP contribution in [0.3, 0.4) is 0 Å². The Bertz CT molecular complexity index is 463. The number of anilines is 1. The van der Waals surface area contributed by atoms with E-state index >= 15 is 0 Å². The molecule has 5 nitrogen and oxygen atoms in total. The van der Waals surface area contributed by atoms with Crippen LogP contribution in [0, 0.1) is 0 Å². The summed E-state index contributed by atoms with van der Waals surface area (Å²) in [6.07, 6.45) is 0. The molecule has 1 aromatic carbocycles. The van der Waals surface area contributed by atoms with Crippen molar-refractivity contribution < 1.29 is 14.3 Å². The van der Waals surface area contributed by atoms with Gasteiger partial charge in [0.2, 0.25) is 0 Å². The molecule has 6 heteroatoms. The van der Waals surface area contributed by atoms with E-state index in [4.69, 9.17) is 11.6 Å². The monoisotopic (exact) mass is 270 g/mol. The van der Waals surface area contributed by atoms with Crippen molar-refractivity contribution in [1.82, 2.24) is 5.32 Å². The molecule has 1 unspecified atom stereocenters. The lowest BCUT2D eigenvalue weighted by Gasteiger charge is -2.14. The molecule has 0 spiro atoms. The molecule has 1 atom stereocenters. The van der Waals surface area contributed by atoms with Gasteiger partial charge in [-0.15, -0.1) is 0 Å². The highest BCUT2D eigenvalue weighted by atomic mass is 35.5. The average molecular weight is 271 g/mol. The lowest BCUT2D eigenvalue weighted by atomic mass is 10.1. The first kappa shape index (κ1) is 14.3. The van der Waals surface area contributed by atoms with Gasteiger partial charge in [0.15, 0.2) is 0 Å². The molecule has 0 aliphatic carbocycles. The number of methoxy groups -OCH3 is 1. The van der Waals surface area contributed by atoms with Crippen LogP contribution in [-0.2, 0) is 9.53 Å². The van der Waals surface area contributed by atoms with Crippen LogP contribution in [0.4, 0.5) is 5.69 Å². The Morgan fingerprint density at radius 2 is 2.06 bits per heavy atom. The minimum absolute atomic E-state index is 0.222. The molecular formula is C12H15ClN2O3. The van der Waals surface area contributed by atoms with Crippen molar-refractivity contribution in [3.05, 3.63) is 28.8 Å². The first-order valence-electron chi connectivity index (χ1n) is 5.35. The first-order chi connectivity index (χ1) is 8.49. The summed E-state index contributed by atoms with van der Waals surface area (Å²) < 4.78 is 4.60. The number of hydrogen-bond acceptors (Lipinski definition) is 4. The Morgan fingerprint density at radius 3 is 2.61 bits per heavy atom. The van der Waals surface area contributed by atoms with Crippen molar-refractivity contribution in [2.45, 2.75) is 13.0 Å². The summed E-state index contributed by atoms with van der Waals surface area (Å²) in [5.41, 5.74) is 0.970. The van der Waals surface area contributed by atoms with E-state index in [0.717, 1.165) is 0 Å². The Labute approximate surface area is 110 Å². The number of nitrogens with one attached hydrogen (secondary N) is 2. The summed E-state index contributed by atoms with van der Waals surface area (Å²) in [5, 5.41) is 5.84. The van der Waals surface area contributed by atoms with E-state index in [9.17, 15) is 9.59 Å². The molecule has 0 heterocycles. The predicted octanol–water partition coefficient (Wildman–Crippen LogP) is 1.67. The van der Waals surface area contributed by atoms with Gasteiger partial charge >= 0.3 is 5.97 Å². The van der Waals surface area contributed by atoms with Gasteiger partial charge < -0.3 is 15.4 Å². The molecule has 0 bridgehead atoms. The van der Waals surface area contributed by atoms with Crippen molar-refractivity contribution in [2.75, 3.05) is 19.5 Å². The number of amides is 1. The van der Waals surface area contributed by atoms with Gasteiger partial charge in [0.05, 0.1) is 17.8 Å². The van der Waals surface area contributed by atoms with Crippen molar-refractivity contribution in [3.63, 3.8) is 0 Å². The van der Waals surface area contributed by atoms with Crippen molar-refractivity contribution in [1.29, 1.82) is 0 Å². The van der Waals surface area contributed by atoms with Crippen molar-refractivity contribution in [3.8, 4) is 0 Å². The molecule has 1 aromatic rings. The molecule has 1 rings (SSSR count). The predicted molar refractivity (Wildman–Crippen MR) is 69.9 cm³/mol. The van der Waals surface area contributed by atoms with Crippen molar-refractivity contribution >= 4 is 29.2 Å². The summed E-state index contributed by atoms with van der Waals surface area (Å²) in [6.45, 7) is 1.65. The van der Waals surface area contributed by atoms with Crippen LogP contribution in [0.2, 0.25) is 5.02 Å². The van der Waals surface area contributed by atoms with Gasteiger partial charge in [-0.25, -0.2) is 4.79 Å². The molecule has 0 aliphatic heterocycles. The van der Waals surface area contributed by atoms with Gasteiger partial charge in [0, 0.05) is 12.6 Å². The van der Waals surface area contributed by atoms with Gasteiger partial charge in [0.25, 0.3) is 5.91 Å². The smallest absolute Gasteiger partial charge is 0.327 e. The fraction of sp³-hybridized carbons (Fsp3) is 0.333. The first-order valence-corrected chi connectivity index (χ1v) is 5.73. The van der Waals surface area contributed by atoms with E-state index in [1.165, 1.54) is 7.11 Å². The number of esters is 1. The lowest BCUT2D eigenvalue weighted by Crippen LogP contribution is -2.27. The molecule has 0 saturated heterocycles. The molecule has 0 radical (unpaired) electrons. The standard InChI is InChI=1S/C12H15ClN2O3/c1-7(12(17)18-3)15-10-6-8(11(16)14-2)4-5-9(10)13/h4-7,15H,1-3H3,(H,14,16). The summed E-state index contributed by atoms with van der Waals surface area (Å²) >= 11 is 5.99. The van der Waals surface area contributed by atoms with Crippen LogP contribution >= 0.6 is 11.6 Å². The Kier molecular flexibility index (Phi) is 4.97. The maximum atomic E-state index is 11.5. The van der Waals surface area contributed by atoms with Gasteiger partial charge in [-0.2, -0.15) is 0 Å². The van der Waals surface area contributed by atoms with E-state index in [0.29, 0.717) is 16.3 Å². The maximum absolute atomic E-state index is 11.5. The van der Waals surface area contributed by atoms with Crippen molar-refractivity contribution in [2.24, 2.45) is 0 Å². The second-order valence-electron chi connectivity index (χ2n) is 3.66. The molecule has 18 heavy (non-hydrogen) atoms. The maximum Gasteiger partial charge on any atom is 0.327 e. The van der Waals surface area contributed by atoms with Gasteiger partial charge in [-0.05, 0) is 25.1 Å². The molecule has 1 amide bonds. The van der Waals surface area contributed by atoms with Crippen LogP contribution in [0.15, 0.2) is 18.2 Å². The fourth-order valence-electron chi connectivity index (χ4n) is 1.39. The largest absolute Gasteiger partial charge is 0.467 e. The van der Waals surface area contributed by atoms with Crippen LogP contribution in [0.1, 0.15) is 17.3 Å². The number of halogens is 1. The van der Waals surface area contributed by atoms with E-state index < -0.39 is 12.0 Å². The van der Waals surface area contributed by atoms with E-state index in [2.05, 4.69) is 15.4 Å². The molecular weight excluding hydrogens is 256 g/mol. The lowest BCUT2D eigenvalue weighted by molar-refractivity contribution is -0.141.